The van der Waals surface area contributed by atoms with Gasteiger partial charge < -0.3 is 4.90 Å². The van der Waals surface area contributed by atoms with Crippen molar-refractivity contribution in [3.8, 4) is 0 Å². The highest BCUT2D eigenvalue weighted by molar-refractivity contribution is 7.99. The van der Waals surface area contributed by atoms with Crippen molar-refractivity contribution >= 4 is 17.7 Å². The van der Waals surface area contributed by atoms with Crippen LogP contribution in [0, 0.1) is 11.3 Å². The lowest BCUT2D eigenvalue weighted by molar-refractivity contribution is -0.137. The zero-order valence-corrected chi connectivity index (χ0v) is 10.6. The fraction of sp³-hybridized carbons (Fsp3) is 0.917. The third-order valence-electron chi connectivity index (χ3n) is 3.40. The monoisotopic (exact) mass is 227 g/mol. The number of carbonyl (C=O) groups is 1. The standard InChI is InChI=1S/C12H21NOS/c1-10(2)9-12(3-4-12)11(14)13-5-7-15-8-6-13/h10H,3-9H2,1-2H3. The van der Waals surface area contributed by atoms with Crippen LogP contribution in [0.3, 0.4) is 0 Å². The van der Waals surface area contributed by atoms with E-state index in [9.17, 15) is 4.79 Å². The van der Waals surface area contributed by atoms with Crippen molar-refractivity contribution in [2.75, 3.05) is 24.6 Å². The van der Waals surface area contributed by atoms with Gasteiger partial charge in [0.15, 0.2) is 0 Å². The van der Waals surface area contributed by atoms with Crippen LogP contribution in [-0.4, -0.2) is 35.4 Å². The van der Waals surface area contributed by atoms with Crippen molar-refractivity contribution in [3.05, 3.63) is 0 Å². The second-order valence-corrected chi connectivity index (χ2v) is 6.51. The van der Waals surface area contributed by atoms with E-state index >= 15 is 0 Å². The van der Waals surface area contributed by atoms with Crippen LogP contribution in [0.15, 0.2) is 0 Å². The molecule has 0 aromatic rings. The second-order valence-electron chi connectivity index (χ2n) is 5.28. The molecule has 0 aromatic carbocycles. The highest BCUT2D eigenvalue weighted by Gasteiger charge is 2.51. The van der Waals surface area contributed by atoms with Gasteiger partial charge in [-0.05, 0) is 25.2 Å². The van der Waals surface area contributed by atoms with Gasteiger partial charge in [0, 0.05) is 30.0 Å². The first-order valence-electron chi connectivity index (χ1n) is 6.01. The van der Waals surface area contributed by atoms with Crippen molar-refractivity contribution in [1.82, 2.24) is 4.90 Å². The first kappa shape index (κ1) is 11.3. The molecule has 0 radical (unpaired) electrons. The number of hydrogen-bond acceptors (Lipinski definition) is 2. The lowest BCUT2D eigenvalue weighted by Gasteiger charge is -2.31. The molecule has 0 bridgehead atoms. The Hall–Kier alpha value is -0.180. The molecule has 1 heterocycles. The predicted molar refractivity (Wildman–Crippen MR) is 65.0 cm³/mol. The number of nitrogens with zero attached hydrogens (tertiary/aromatic N) is 1. The maximum Gasteiger partial charge on any atom is 0.228 e. The third kappa shape index (κ3) is 2.49. The minimum absolute atomic E-state index is 0.0656. The van der Waals surface area contributed by atoms with Crippen molar-refractivity contribution in [2.24, 2.45) is 11.3 Å². The van der Waals surface area contributed by atoms with E-state index in [1.165, 1.54) is 0 Å². The van der Waals surface area contributed by atoms with E-state index in [1.54, 1.807) is 0 Å². The van der Waals surface area contributed by atoms with E-state index in [2.05, 4.69) is 18.7 Å². The van der Waals surface area contributed by atoms with Gasteiger partial charge >= 0.3 is 0 Å². The Morgan fingerprint density at radius 3 is 2.40 bits per heavy atom. The number of thioether (sulfide) groups is 1. The molecule has 0 unspecified atom stereocenters. The summed E-state index contributed by atoms with van der Waals surface area (Å²) in [5.41, 5.74) is 0.0656. The average Bonchev–Trinajstić information content (AvgIpc) is 2.98. The molecule has 1 saturated carbocycles. The first-order valence-corrected chi connectivity index (χ1v) is 7.17. The highest BCUT2D eigenvalue weighted by atomic mass is 32.2. The lowest BCUT2D eigenvalue weighted by Crippen LogP contribution is -2.42. The van der Waals surface area contributed by atoms with Crippen LogP contribution < -0.4 is 0 Å². The molecule has 3 heteroatoms. The Labute approximate surface area is 96.8 Å². The molecule has 0 atom stereocenters. The van der Waals surface area contributed by atoms with Crippen LogP contribution in [0.4, 0.5) is 0 Å². The largest absolute Gasteiger partial charge is 0.341 e. The van der Waals surface area contributed by atoms with Crippen molar-refractivity contribution in [1.29, 1.82) is 0 Å². The number of amides is 1. The summed E-state index contributed by atoms with van der Waals surface area (Å²) in [5.74, 6) is 3.36. The van der Waals surface area contributed by atoms with Gasteiger partial charge in [0.1, 0.15) is 0 Å². The molecule has 15 heavy (non-hydrogen) atoms. The van der Waals surface area contributed by atoms with E-state index in [0.29, 0.717) is 11.8 Å². The molecule has 2 aliphatic rings. The molecule has 1 aliphatic heterocycles. The summed E-state index contributed by atoms with van der Waals surface area (Å²) < 4.78 is 0. The Kier molecular flexibility index (Phi) is 3.29. The van der Waals surface area contributed by atoms with Crippen LogP contribution in [0.1, 0.15) is 33.1 Å². The zero-order chi connectivity index (χ0) is 10.9. The van der Waals surface area contributed by atoms with Gasteiger partial charge in [0.2, 0.25) is 5.91 Å². The number of hydrogen-bond donors (Lipinski definition) is 0. The number of carbonyl (C=O) groups excluding carboxylic acids is 1. The van der Waals surface area contributed by atoms with Crippen molar-refractivity contribution < 1.29 is 4.79 Å². The summed E-state index contributed by atoms with van der Waals surface area (Å²) in [7, 11) is 0. The van der Waals surface area contributed by atoms with Gasteiger partial charge in [-0.2, -0.15) is 11.8 Å². The van der Waals surface area contributed by atoms with Gasteiger partial charge in [-0.15, -0.1) is 0 Å². The maximum atomic E-state index is 12.3. The Balaban J connectivity index is 1.94. The van der Waals surface area contributed by atoms with Crippen LogP contribution >= 0.6 is 11.8 Å². The lowest BCUT2D eigenvalue weighted by atomic mass is 9.93. The smallest absolute Gasteiger partial charge is 0.228 e. The van der Waals surface area contributed by atoms with Crippen LogP contribution in [0.25, 0.3) is 0 Å². The van der Waals surface area contributed by atoms with E-state index < -0.39 is 0 Å². The molecule has 0 N–H and O–H groups in total. The molecule has 1 amide bonds. The van der Waals surface area contributed by atoms with E-state index in [-0.39, 0.29) is 5.41 Å². The molecule has 1 aliphatic carbocycles. The Morgan fingerprint density at radius 1 is 1.33 bits per heavy atom. The third-order valence-corrected chi connectivity index (χ3v) is 4.35. The quantitative estimate of drug-likeness (QED) is 0.738. The predicted octanol–water partition coefficient (Wildman–Crippen LogP) is 2.39. The number of rotatable bonds is 3. The summed E-state index contributed by atoms with van der Waals surface area (Å²) in [6.45, 7) is 6.39. The van der Waals surface area contributed by atoms with E-state index in [1.807, 2.05) is 11.8 Å². The minimum atomic E-state index is 0.0656. The molecular formula is C12H21NOS. The summed E-state index contributed by atoms with van der Waals surface area (Å²) in [6.07, 6.45) is 3.36. The molecule has 0 aromatic heterocycles. The Bertz CT molecular complexity index is 242. The van der Waals surface area contributed by atoms with Gasteiger partial charge in [-0.1, -0.05) is 13.8 Å². The van der Waals surface area contributed by atoms with Gasteiger partial charge in [0.05, 0.1) is 0 Å². The van der Waals surface area contributed by atoms with Crippen LogP contribution in [0.2, 0.25) is 0 Å². The van der Waals surface area contributed by atoms with E-state index in [4.69, 9.17) is 0 Å². The summed E-state index contributed by atoms with van der Waals surface area (Å²) in [5, 5.41) is 0. The van der Waals surface area contributed by atoms with Crippen LogP contribution in [0.5, 0.6) is 0 Å². The van der Waals surface area contributed by atoms with Crippen molar-refractivity contribution in [3.63, 3.8) is 0 Å². The maximum absolute atomic E-state index is 12.3. The summed E-state index contributed by atoms with van der Waals surface area (Å²) >= 11 is 1.97. The molecule has 1 saturated heterocycles. The minimum Gasteiger partial charge on any atom is -0.341 e. The first-order chi connectivity index (χ1) is 7.14. The molecule has 86 valence electrons. The second kappa shape index (κ2) is 4.36. The van der Waals surface area contributed by atoms with Gasteiger partial charge in [-0.25, -0.2) is 0 Å². The van der Waals surface area contributed by atoms with Crippen molar-refractivity contribution in [2.45, 2.75) is 33.1 Å². The van der Waals surface area contributed by atoms with Gasteiger partial charge in [-0.3, -0.25) is 4.79 Å². The molecule has 2 rings (SSSR count). The highest BCUT2D eigenvalue weighted by Crippen LogP contribution is 2.52. The molecule has 2 fully saturated rings. The normalized spacial score (nSPS) is 24.3. The zero-order valence-electron chi connectivity index (χ0n) is 9.79. The summed E-state index contributed by atoms with van der Waals surface area (Å²) in [6, 6.07) is 0. The fourth-order valence-electron chi connectivity index (χ4n) is 2.54. The molecule has 2 nitrogen and oxygen atoms in total. The summed E-state index contributed by atoms with van der Waals surface area (Å²) in [4.78, 5) is 14.4. The topological polar surface area (TPSA) is 20.3 Å². The van der Waals surface area contributed by atoms with Gasteiger partial charge in [0.25, 0.3) is 0 Å². The van der Waals surface area contributed by atoms with Crippen LogP contribution in [-0.2, 0) is 4.79 Å². The fourth-order valence-corrected chi connectivity index (χ4v) is 3.44. The SMILES string of the molecule is CC(C)CC1(C(=O)N2CCSCC2)CC1. The Morgan fingerprint density at radius 2 is 1.93 bits per heavy atom. The molecular weight excluding hydrogens is 206 g/mol. The molecule has 0 spiro atoms. The average molecular weight is 227 g/mol. The van der Waals surface area contributed by atoms with E-state index in [0.717, 1.165) is 43.9 Å².